The molecule has 0 aliphatic carbocycles. The summed E-state index contributed by atoms with van der Waals surface area (Å²) in [5, 5.41) is 4.56. The number of rotatable bonds is 5. The van der Waals surface area contributed by atoms with Crippen LogP contribution in [0, 0.1) is 12.8 Å². The van der Waals surface area contributed by atoms with Gasteiger partial charge in [0, 0.05) is 42.3 Å². The number of nitrogens with one attached hydrogen (secondary N) is 1. The number of hydrogen-bond donors (Lipinski definition) is 1. The fraction of sp³-hybridized carbons (Fsp3) is 0.438. The number of para-hydroxylation sites is 1. The zero-order valence-corrected chi connectivity index (χ0v) is 13.7. The third kappa shape index (κ3) is 2.94. The molecule has 0 radical (unpaired) electrons. The summed E-state index contributed by atoms with van der Waals surface area (Å²) in [6, 6.07) is 10.1. The van der Waals surface area contributed by atoms with Crippen LogP contribution in [0.4, 0.5) is 5.69 Å². The van der Waals surface area contributed by atoms with Crippen LogP contribution in [0.5, 0.6) is 0 Å². The van der Waals surface area contributed by atoms with Crippen LogP contribution in [0.2, 0.25) is 0 Å². The van der Waals surface area contributed by atoms with E-state index < -0.39 is 10.0 Å². The Bertz CT molecular complexity index is 783. The van der Waals surface area contributed by atoms with Gasteiger partial charge >= 0.3 is 0 Å². The lowest BCUT2D eigenvalue weighted by Crippen LogP contribution is -2.52. The number of aryl methyl sites for hydroxylation is 1. The van der Waals surface area contributed by atoms with Gasteiger partial charge in [0.2, 0.25) is 10.0 Å². The average Bonchev–Trinajstić information content (AvgIpc) is 2.45. The second-order valence-electron chi connectivity index (χ2n) is 5.79. The molecule has 5 nitrogen and oxygen atoms in total. The monoisotopic (exact) mass is 319 g/mol. The van der Waals surface area contributed by atoms with E-state index in [9.17, 15) is 8.42 Å². The molecule has 0 bridgehead atoms. The predicted octanol–water partition coefficient (Wildman–Crippen LogP) is 2.24. The molecule has 0 spiro atoms. The molecule has 0 saturated carbocycles. The number of benzene rings is 1. The van der Waals surface area contributed by atoms with Gasteiger partial charge in [0.15, 0.2) is 0 Å². The summed E-state index contributed by atoms with van der Waals surface area (Å²) in [5.41, 5.74) is 3.03. The molecule has 2 aromatic rings. The lowest BCUT2D eigenvalue weighted by molar-refractivity contribution is 0.212. The SMILES string of the molecule is CCS(=O)(=O)N1CC(CNc2cc(C)nc3ccccc23)C1. The van der Waals surface area contributed by atoms with Crippen molar-refractivity contribution in [2.75, 3.05) is 30.7 Å². The molecular formula is C16H21N3O2S. The summed E-state index contributed by atoms with van der Waals surface area (Å²) in [7, 11) is -3.02. The van der Waals surface area contributed by atoms with Gasteiger partial charge in [-0.2, -0.15) is 0 Å². The van der Waals surface area contributed by atoms with Crippen LogP contribution in [0.25, 0.3) is 10.9 Å². The van der Waals surface area contributed by atoms with E-state index in [1.807, 2.05) is 31.2 Å². The maximum Gasteiger partial charge on any atom is 0.213 e. The summed E-state index contributed by atoms with van der Waals surface area (Å²) in [6.07, 6.45) is 0. The second-order valence-corrected chi connectivity index (χ2v) is 8.05. The minimum Gasteiger partial charge on any atom is -0.384 e. The highest BCUT2D eigenvalue weighted by molar-refractivity contribution is 7.89. The van der Waals surface area contributed by atoms with Crippen LogP contribution in [0.3, 0.4) is 0 Å². The van der Waals surface area contributed by atoms with E-state index in [2.05, 4.69) is 16.4 Å². The average molecular weight is 319 g/mol. The van der Waals surface area contributed by atoms with Gasteiger partial charge in [0.05, 0.1) is 11.3 Å². The van der Waals surface area contributed by atoms with Gasteiger partial charge in [-0.05, 0) is 26.0 Å². The standard InChI is InChI=1S/C16H21N3O2S/c1-3-22(20,21)19-10-13(11-19)9-17-16-8-12(2)18-15-7-5-4-6-14(15)16/h4-8,13H,3,9-11H2,1-2H3,(H,17,18). The van der Waals surface area contributed by atoms with E-state index >= 15 is 0 Å². The van der Waals surface area contributed by atoms with Gasteiger partial charge in [-0.3, -0.25) is 4.98 Å². The number of aromatic nitrogens is 1. The molecule has 1 saturated heterocycles. The van der Waals surface area contributed by atoms with Crippen LogP contribution in [-0.4, -0.2) is 43.1 Å². The number of fused-ring (bicyclic) bond motifs is 1. The largest absolute Gasteiger partial charge is 0.384 e. The molecule has 6 heteroatoms. The van der Waals surface area contributed by atoms with E-state index in [4.69, 9.17) is 0 Å². The first-order valence-electron chi connectivity index (χ1n) is 7.57. The normalized spacial score (nSPS) is 16.6. The Hall–Kier alpha value is -1.66. The number of anilines is 1. The predicted molar refractivity (Wildman–Crippen MR) is 89.5 cm³/mol. The van der Waals surface area contributed by atoms with Gasteiger partial charge < -0.3 is 5.32 Å². The molecular weight excluding hydrogens is 298 g/mol. The molecule has 22 heavy (non-hydrogen) atoms. The maximum absolute atomic E-state index is 11.7. The Morgan fingerprint density at radius 1 is 1.32 bits per heavy atom. The zero-order chi connectivity index (χ0) is 15.7. The number of nitrogens with zero attached hydrogens (tertiary/aromatic N) is 2. The molecule has 3 rings (SSSR count). The molecule has 1 aromatic heterocycles. The molecule has 2 heterocycles. The van der Waals surface area contributed by atoms with E-state index in [0.717, 1.165) is 28.8 Å². The summed E-state index contributed by atoms with van der Waals surface area (Å²) in [5.74, 6) is 0.551. The summed E-state index contributed by atoms with van der Waals surface area (Å²) in [6.45, 7) is 5.68. The molecule has 1 N–H and O–H groups in total. The lowest BCUT2D eigenvalue weighted by atomic mass is 10.0. The first-order chi connectivity index (χ1) is 10.5. The fourth-order valence-electron chi connectivity index (χ4n) is 2.77. The van der Waals surface area contributed by atoms with Gasteiger partial charge in [-0.1, -0.05) is 18.2 Å². The van der Waals surface area contributed by atoms with Crippen molar-refractivity contribution in [1.82, 2.24) is 9.29 Å². The minimum atomic E-state index is -3.02. The molecule has 1 fully saturated rings. The summed E-state index contributed by atoms with van der Waals surface area (Å²) in [4.78, 5) is 4.53. The highest BCUT2D eigenvalue weighted by Gasteiger charge is 2.34. The van der Waals surface area contributed by atoms with Crippen molar-refractivity contribution in [2.45, 2.75) is 13.8 Å². The Morgan fingerprint density at radius 2 is 2.05 bits per heavy atom. The molecule has 1 aromatic carbocycles. The highest BCUT2D eigenvalue weighted by Crippen LogP contribution is 2.25. The Balaban J connectivity index is 1.66. The fourth-order valence-corrected chi connectivity index (χ4v) is 4.01. The number of hydrogen-bond acceptors (Lipinski definition) is 4. The van der Waals surface area contributed by atoms with Crippen LogP contribution < -0.4 is 5.32 Å². The Kier molecular flexibility index (Phi) is 4.06. The van der Waals surface area contributed by atoms with E-state index in [1.165, 1.54) is 0 Å². The van der Waals surface area contributed by atoms with Gasteiger partial charge in [-0.15, -0.1) is 0 Å². The van der Waals surface area contributed by atoms with Crippen molar-refractivity contribution in [3.8, 4) is 0 Å². The first kappa shape index (κ1) is 15.2. The molecule has 118 valence electrons. The van der Waals surface area contributed by atoms with Crippen LogP contribution in [0.15, 0.2) is 30.3 Å². The first-order valence-corrected chi connectivity index (χ1v) is 9.18. The molecule has 0 unspecified atom stereocenters. The van der Waals surface area contributed by atoms with E-state index in [-0.39, 0.29) is 5.75 Å². The van der Waals surface area contributed by atoms with Crippen molar-refractivity contribution >= 4 is 26.6 Å². The topological polar surface area (TPSA) is 62.3 Å². The van der Waals surface area contributed by atoms with Crippen LogP contribution in [-0.2, 0) is 10.0 Å². The van der Waals surface area contributed by atoms with Gasteiger partial charge in [-0.25, -0.2) is 12.7 Å². The van der Waals surface area contributed by atoms with Gasteiger partial charge in [0.25, 0.3) is 0 Å². The second kappa shape index (κ2) is 5.85. The lowest BCUT2D eigenvalue weighted by Gasteiger charge is -2.38. The summed E-state index contributed by atoms with van der Waals surface area (Å²) >= 11 is 0. The molecule has 0 amide bonds. The molecule has 1 aliphatic heterocycles. The van der Waals surface area contributed by atoms with Crippen molar-refractivity contribution in [2.24, 2.45) is 5.92 Å². The van der Waals surface area contributed by atoms with E-state index in [1.54, 1.807) is 11.2 Å². The molecule has 1 aliphatic rings. The summed E-state index contributed by atoms with van der Waals surface area (Å²) < 4.78 is 25.0. The zero-order valence-electron chi connectivity index (χ0n) is 12.9. The van der Waals surface area contributed by atoms with Gasteiger partial charge in [0.1, 0.15) is 0 Å². The van der Waals surface area contributed by atoms with Crippen molar-refractivity contribution in [1.29, 1.82) is 0 Å². The third-order valence-electron chi connectivity index (χ3n) is 4.11. The van der Waals surface area contributed by atoms with Crippen molar-refractivity contribution < 1.29 is 8.42 Å². The Labute approximate surface area is 131 Å². The van der Waals surface area contributed by atoms with Crippen molar-refractivity contribution in [3.63, 3.8) is 0 Å². The number of pyridine rings is 1. The highest BCUT2D eigenvalue weighted by atomic mass is 32.2. The van der Waals surface area contributed by atoms with Crippen LogP contribution >= 0.6 is 0 Å². The maximum atomic E-state index is 11.7. The molecule has 0 atom stereocenters. The Morgan fingerprint density at radius 3 is 2.77 bits per heavy atom. The third-order valence-corrected chi connectivity index (χ3v) is 5.92. The number of sulfonamides is 1. The van der Waals surface area contributed by atoms with Crippen LogP contribution in [0.1, 0.15) is 12.6 Å². The van der Waals surface area contributed by atoms with Crippen molar-refractivity contribution in [3.05, 3.63) is 36.0 Å². The smallest absolute Gasteiger partial charge is 0.213 e. The quantitative estimate of drug-likeness (QED) is 0.918. The van der Waals surface area contributed by atoms with E-state index in [0.29, 0.717) is 19.0 Å². The minimum absolute atomic E-state index is 0.182.